The molecular weight excluding hydrogens is 226 g/mol. The summed E-state index contributed by atoms with van der Waals surface area (Å²) in [6, 6.07) is 6.23. The molecule has 0 spiro atoms. The van der Waals surface area contributed by atoms with E-state index < -0.39 is 0 Å². The summed E-state index contributed by atoms with van der Waals surface area (Å²) < 4.78 is 0. The van der Waals surface area contributed by atoms with Crippen molar-refractivity contribution in [3.8, 4) is 0 Å². The standard InChI is InChI=1S/C14H21N3O/c1-3-11-5-4-6-12-14(11)16(2)13(18)7-9-17(12)10-8-15/h4-6H,3,7-10,15H2,1-2H3. The van der Waals surface area contributed by atoms with Crippen LogP contribution in [0.15, 0.2) is 18.2 Å². The fraction of sp³-hybridized carbons (Fsp3) is 0.500. The van der Waals surface area contributed by atoms with Crippen LogP contribution in [-0.2, 0) is 11.2 Å². The molecule has 98 valence electrons. The fourth-order valence-electron chi connectivity index (χ4n) is 2.54. The Labute approximate surface area is 108 Å². The van der Waals surface area contributed by atoms with Crippen molar-refractivity contribution in [2.24, 2.45) is 5.73 Å². The van der Waals surface area contributed by atoms with E-state index in [0.717, 1.165) is 30.9 Å². The van der Waals surface area contributed by atoms with Crippen molar-refractivity contribution in [3.05, 3.63) is 23.8 Å². The number of para-hydroxylation sites is 1. The Balaban J connectivity index is 2.53. The lowest BCUT2D eigenvalue weighted by Gasteiger charge is -2.26. The Morgan fingerprint density at radius 3 is 2.83 bits per heavy atom. The Bertz CT molecular complexity index is 445. The van der Waals surface area contributed by atoms with Crippen molar-refractivity contribution in [2.75, 3.05) is 36.5 Å². The highest BCUT2D eigenvalue weighted by Gasteiger charge is 2.24. The van der Waals surface area contributed by atoms with Gasteiger partial charge in [-0.2, -0.15) is 0 Å². The van der Waals surface area contributed by atoms with Crippen LogP contribution in [0.1, 0.15) is 18.9 Å². The number of nitrogens with zero attached hydrogens (tertiary/aromatic N) is 2. The van der Waals surface area contributed by atoms with Crippen LogP contribution in [0.25, 0.3) is 0 Å². The Kier molecular flexibility index (Phi) is 3.87. The predicted molar refractivity (Wildman–Crippen MR) is 75.1 cm³/mol. The zero-order chi connectivity index (χ0) is 13.1. The van der Waals surface area contributed by atoms with Crippen LogP contribution in [0.3, 0.4) is 0 Å². The second kappa shape index (κ2) is 5.40. The third-order valence-electron chi connectivity index (χ3n) is 3.52. The second-order valence-electron chi connectivity index (χ2n) is 4.62. The molecule has 0 aliphatic carbocycles. The van der Waals surface area contributed by atoms with Gasteiger partial charge in [0.05, 0.1) is 11.4 Å². The summed E-state index contributed by atoms with van der Waals surface area (Å²) in [6.07, 6.45) is 1.48. The lowest BCUT2D eigenvalue weighted by atomic mass is 10.1. The number of amides is 1. The first kappa shape index (κ1) is 12.9. The Morgan fingerprint density at radius 2 is 2.17 bits per heavy atom. The van der Waals surface area contributed by atoms with Crippen LogP contribution in [-0.4, -0.2) is 32.6 Å². The number of aryl methyl sites for hydroxylation is 1. The zero-order valence-corrected chi connectivity index (χ0v) is 11.1. The van der Waals surface area contributed by atoms with Crippen molar-refractivity contribution in [2.45, 2.75) is 19.8 Å². The molecule has 1 aromatic rings. The van der Waals surface area contributed by atoms with Crippen molar-refractivity contribution >= 4 is 17.3 Å². The highest BCUT2D eigenvalue weighted by molar-refractivity contribution is 5.99. The van der Waals surface area contributed by atoms with Crippen molar-refractivity contribution < 1.29 is 4.79 Å². The van der Waals surface area contributed by atoms with E-state index in [9.17, 15) is 4.79 Å². The molecular formula is C14H21N3O. The average molecular weight is 247 g/mol. The third-order valence-corrected chi connectivity index (χ3v) is 3.52. The summed E-state index contributed by atoms with van der Waals surface area (Å²) in [5, 5.41) is 0. The molecule has 2 rings (SSSR count). The summed E-state index contributed by atoms with van der Waals surface area (Å²) in [5.74, 6) is 0.177. The minimum atomic E-state index is 0.177. The molecule has 1 aromatic carbocycles. The first-order valence-electron chi connectivity index (χ1n) is 6.52. The SMILES string of the molecule is CCc1cccc2c1N(C)C(=O)CCN2CCN. The summed E-state index contributed by atoms with van der Waals surface area (Å²) in [4.78, 5) is 16.1. The van der Waals surface area contributed by atoms with Gasteiger partial charge >= 0.3 is 0 Å². The normalized spacial score (nSPS) is 15.6. The fourth-order valence-corrected chi connectivity index (χ4v) is 2.54. The van der Waals surface area contributed by atoms with Gasteiger partial charge in [-0.25, -0.2) is 0 Å². The minimum absolute atomic E-state index is 0.177. The lowest BCUT2D eigenvalue weighted by Crippen LogP contribution is -2.30. The van der Waals surface area contributed by atoms with Crippen LogP contribution in [0.5, 0.6) is 0 Å². The smallest absolute Gasteiger partial charge is 0.228 e. The first-order chi connectivity index (χ1) is 8.69. The van der Waals surface area contributed by atoms with Crippen LogP contribution in [0.4, 0.5) is 11.4 Å². The topological polar surface area (TPSA) is 49.6 Å². The summed E-state index contributed by atoms with van der Waals surface area (Å²) in [7, 11) is 1.87. The van der Waals surface area contributed by atoms with Gasteiger partial charge < -0.3 is 15.5 Å². The Hall–Kier alpha value is -1.55. The molecule has 0 fully saturated rings. The van der Waals surface area contributed by atoms with Gasteiger partial charge in [-0.15, -0.1) is 0 Å². The highest BCUT2D eigenvalue weighted by atomic mass is 16.2. The van der Waals surface area contributed by atoms with Gasteiger partial charge in [0, 0.05) is 33.1 Å². The molecule has 1 aliphatic rings. The maximum Gasteiger partial charge on any atom is 0.228 e. The van der Waals surface area contributed by atoms with E-state index in [0.29, 0.717) is 13.0 Å². The molecule has 4 nitrogen and oxygen atoms in total. The molecule has 0 atom stereocenters. The van der Waals surface area contributed by atoms with E-state index >= 15 is 0 Å². The van der Waals surface area contributed by atoms with Gasteiger partial charge in [-0.3, -0.25) is 4.79 Å². The molecule has 0 saturated carbocycles. The molecule has 4 heteroatoms. The zero-order valence-electron chi connectivity index (χ0n) is 11.1. The number of carbonyl (C=O) groups is 1. The number of hydrogen-bond acceptors (Lipinski definition) is 3. The van der Waals surface area contributed by atoms with Crippen LogP contribution in [0, 0.1) is 0 Å². The average Bonchev–Trinajstić information content (AvgIpc) is 2.51. The van der Waals surface area contributed by atoms with Gasteiger partial charge in [0.2, 0.25) is 5.91 Å². The van der Waals surface area contributed by atoms with Crippen molar-refractivity contribution in [3.63, 3.8) is 0 Å². The Morgan fingerprint density at radius 1 is 1.39 bits per heavy atom. The molecule has 0 unspecified atom stereocenters. The van der Waals surface area contributed by atoms with Crippen LogP contribution >= 0.6 is 0 Å². The minimum Gasteiger partial charge on any atom is -0.368 e. The molecule has 0 saturated heterocycles. The van der Waals surface area contributed by atoms with E-state index in [1.807, 2.05) is 7.05 Å². The summed E-state index contributed by atoms with van der Waals surface area (Å²) >= 11 is 0. The second-order valence-corrected chi connectivity index (χ2v) is 4.62. The molecule has 1 heterocycles. The number of rotatable bonds is 3. The largest absolute Gasteiger partial charge is 0.368 e. The van der Waals surface area contributed by atoms with Gasteiger partial charge in [-0.05, 0) is 18.1 Å². The van der Waals surface area contributed by atoms with Crippen molar-refractivity contribution in [1.29, 1.82) is 0 Å². The molecule has 1 aliphatic heterocycles. The number of benzene rings is 1. The van der Waals surface area contributed by atoms with E-state index in [1.54, 1.807) is 4.90 Å². The monoisotopic (exact) mass is 247 g/mol. The summed E-state index contributed by atoms with van der Waals surface area (Å²) in [5.41, 5.74) is 9.07. The number of anilines is 2. The van der Waals surface area contributed by atoms with Crippen molar-refractivity contribution in [1.82, 2.24) is 0 Å². The molecule has 1 amide bonds. The number of hydrogen-bond donors (Lipinski definition) is 1. The van der Waals surface area contributed by atoms with Crippen LogP contribution < -0.4 is 15.5 Å². The van der Waals surface area contributed by atoms with Gasteiger partial charge in [0.1, 0.15) is 0 Å². The molecule has 18 heavy (non-hydrogen) atoms. The van der Waals surface area contributed by atoms with E-state index in [1.165, 1.54) is 5.56 Å². The highest BCUT2D eigenvalue weighted by Crippen LogP contribution is 2.35. The molecule has 0 radical (unpaired) electrons. The van der Waals surface area contributed by atoms with E-state index in [-0.39, 0.29) is 5.91 Å². The number of fused-ring (bicyclic) bond motifs is 1. The molecule has 0 aromatic heterocycles. The van der Waals surface area contributed by atoms with Gasteiger partial charge in [0.25, 0.3) is 0 Å². The summed E-state index contributed by atoms with van der Waals surface area (Å²) in [6.45, 7) is 4.27. The van der Waals surface area contributed by atoms with Crippen LogP contribution in [0.2, 0.25) is 0 Å². The number of carbonyl (C=O) groups excluding carboxylic acids is 1. The number of nitrogens with two attached hydrogens (primary N) is 1. The molecule has 0 bridgehead atoms. The lowest BCUT2D eigenvalue weighted by molar-refractivity contribution is -0.118. The maximum atomic E-state index is 12.1. The maximum absolute atomic E-state index is 12.1. The quantitative estimate of drug-likeness (QED) is 0.878. The van der Waals surface area contributed by atoms with E-state index in [4.69, 9.17) is 5.73 Å². The van der Waals surface area contributed by atoms with Gasteiger partial charge in [-0.1, -0.05) is 19.1 Å². The molecule has 2 N–H and O–H groups in total. The van der Waals surface area contributed by atoms with Gasteiger partial charge in [0.15, 0.2) is 0 Å². The third kappa shape index (κ3) is 2.20. The van der Waals surface area contributed by atoms with E-state index in [2.05, 4.69) is 30.0 Å². The predicted octanol–water partition coefficient (Wildman–Crippen LogP) is 1.38. The first-order valence-corrected chi connectivity index (χ1v) is 6.52.